The van der Waals surface area contributed by atoms with E-state index in [4.69, 9.17) is 5.11 Å². The summed E-state index contributed by atoms with van der Waals surface area (Å²) in [4.78, 5) is 14.6. The minimum Gasteiger partial charge on any atom is -0.481 e. The summed E-state index contributed by atoms with van der Waals surface area (Å²) in [6.45, 7) is 0. The lowest BCUT2D eigenvalue weighted by Gasteiger charge is -1.93. The lowest BCUT2D eigenvalue weighted by Crippen LogP contribution is -2.79. The quantitative estimate of drug-likeness (QED) is 0.705. The minimum absolute atomic E-state index is 0.0589. The van der Waals surface area contributed by atoms with Crippen LogP contribution in [0.15, 0.2) is 29.3 Å². The number of para-hydroxylation sites is 2. The number of rotatable bonds is 2. The van der Waals surface area contributed by atoms with Crippen molar-refractivity contribution in [3.63, 3.8) is 0 Å². The minimum atomic E-state index is -0.818. The normalized spacial score (nSPS) is 13.6. The number of carboxylic acid groups (broad SMARTS) is 1. The molecule has 3 N–H and O–H groups in total. The maximum absolute atomic E-state index is 10.3. The molecular formula is C9H9N2O2S+. The number of nitrogens with two attached hydrogens (primary N) is 1. The Hall–Kier alpha value is -1.33. The fraction of sp³-hybridized carbons (Fsp3) is 0.111. The molecule has 0 amide bonds. The molecular weight excluding hydrogens is 200 g/mol. The summed E-state index contributed by atoms with van der Waals surface area (Å²) >= 11 is 1.24. The van der Waals surface area contributed by atoms with E-state index in [1.807, 2.05) is 29.6 Å². The van der Waals surface area contributed by atoms with Gasteiger partial charge in [-0.1, -0.05) is 12.1 Å². The Kier molecular flexibility index (Phi) is 2.51. The predicted octanol–water partition coefficient (Wildman–Crippen LogP) is 0.700. The van der Waals surface area contributed by atoms with E-state index in [1.165, 1.54) is 11.8 Å². The molecule has 5 heteroatoms. The van der Waals surface area contributed by atoms with Crippen molar-refractivity contribution in [2.45, 2.75) is 0 Å². The number of hydrogen-bond acceptors (Lipinski definition) is 3. The summed E-state index contributed by atoms with van der Waals surface area (Å²) in [6.07, 6.45) is 0. The highest BCUT2D eigenvalue weighted by Gasteiger charge is 2.19. The van der Waals surface area contributed by atoms with Crippen LogP contribution in [0.25, 0.3) is 0 Å². The summed E-state index contributed by atoms with van der Waals surface area (Å²) in [5.41, 5.74) is 1.97. The first-order valence-electron chi connectivity index (χ1n) is 4.13. The fourth-order valence-electron chi connectivity index (χ4n) is 1.21. The first-order valence-corrected chi connectivity index (χ1v) is 5.11. The Morgan fingerprint density at radius 3 is 3.00 bits per heavy atom. The SMILES string of the molecule is O=C(O)CSC1=Nc2ccccc2[NH2+]1. The van der Waals surface area contributed by atoms with Crippen LogP contribution in [0.4, 0.5) is 11.4 Å². The van der Waals surface area contributed by atoms with E-state index in [1.54, 1.807) is 0 Å². The van der Waals surface area contributed by atoms with Crippen LogP contribution in [0, 0.1) is 0 Å². The van der Waals surface area contributed by atoms with E-state index < -0.39 is 5.97 Å². The third kappa shape index (κ3) is 1.94. The Morgan fingerprint density at radius 1 is 1.50 bits per heavy atom. The molecule has 72 valence electrons. The van der Waals surface area contributed by atoms with Gasteiger partial charge >= 0.3 is 5.97 Å². The van der Waals surface area contributed by atoms with Gasteiger partial charge in [0.15, 0.2) is 5.69 Å². The standard InChI is InChI=1S/C9H8N2O2S/c12-8(13)5-14-9-10-6-3-1-2-4-7(6)11-9/h1-4H,5H2,(H,10,11)(H,12,13)/p+1. The highest BCUT2D eigenvalue weighted by molar-refractivity contribution is 8.13. The monoisotopic (exact) mass is 209 g/mol. The summed E-state index contributed by atoms with van der Waals surface area (Å²) in [6, 6.07) is 7.74. The second-order valence-corrected chi connectivity index (χ2v) is 3.83. The van der Waals surface area contributed by atoms with Gasteiger partial charge in [-0.05, 0) is 17.8 Å². The van der Waals surface area contributed by atoms with Crippen LogP contribution in [0.5, 0.6) is 0 Å². The van der Waals surface area contributed by atoms with Crippen LogP contribution in [-0.4, -0.2) is 22.0 Å². The zero-order valence-electron chi connectivity index (χ0n) is 7.30. The molecule has 0 spiro atoms. The van der Waals surface area contributed by atoms with Gasteiger partial charge < -0.3 is 5.11 Å². The highest BCUT2D eigenvalue weighted by Crippen LogP contribution is 2.24. The molecule has 0 bridgehead atoms. The topological polar surface area (TPSA) is 66.3 Å². The molecule has 1 heterocycles. The van der Waals surface area contributed by atoms with Gasteiger partial charge in [-0.15, -0.1) is 0 Å². The van der Waals surface area contributed by atoms with Gasteiger partial charge in [-0.3, -0.25) is 10.1 Å². The van der Waals surface area contributed by atoms with Crippen LogP contribution >= 0.6 is 11.8 Å². The molecule has 0 atom stereocenters. The largest absolute Gasteiger partial charge is 0.481 e. The number of quaternary nitrogens is 1. The van der Waals surface area contributed by atoms with Gasteiger partial charge in [-0.2, -0.15) is 4.99 Å². The molecule has 4 nitrogen and oxygen atoms in total. The molecule has 14 heavy (non-hydrogen) atoms. The number of carbonyl (C=O) groups is 1. The van der Waals surface area contributed by atoms with Crippen LogP contribution in [0.2, 0.25) is 0 Å². The number of aliphatic carboxylic acids is 1. The lowest BCUT2D eigenvalue weighted by molar-refractivity contribution is -0.432. The summed E-state index contributed by atoms with van der Waals surface area (Å²) in [5, 5.41) is 11.2. The fourth-order valence-corrected chi connectivity index (χ4v) is 1.85. The summed E-state index contributed by atoms with van der Waals surface area (Å²) < 4.78 is 0. The van der Waals surface area contributed by atoms with E-state index in [0.717, 1.165) is 16.5 Å². The first-order chi connectivity index (χ1) is 6.75. The number of amidine groups is 1. The number of benzene rings is 1. The van der Waals surface area contributed by atoms with Gasteiger partial charge in [0.25, 0.3) is 5.17 Å². The number of nitrogens with zero attached hydrogens (tertiary/aromatic N) is 1. The number of hydrogen-bond donors (Lipinski definition) is 2. The molecule has 1 aliphatic rings. The van der Waals surface area contributed by atoms with E-state index in [-0.39, 0.29) is 5.75 Å². The average Bonchev–Trinajstić information content (AvgIpc) is 2.57. The van der Waals surface area contributed by atoms with E-state index in [9.17, 15) is 4.79 Å². The molecule has 0 saturated carbocycles. The second-order valence-electron chi connectivity index (χ2n) is 2.84. The highest BCUT2D eigenvalue weighted by atomic mass is 32.2. The molecule has 0 aliphatic carbocycles. The molecule has 0 fully saturated rings. The summed E-state index contributed by atoms with van der Waals surface area (Å²) in [7, 11) is 0. The number of carboxylic acids is 1. The Labute approximate surface area is 85.0 Å². The number of aliphatic imine (C=N–C) groups is 1. The number of fused-ring (bicyclic) bond motifs is 1. The first kappa shape index (κ1) is 9.23. The molecule has 1 aromatic rings. The third-order valence-electron chi connectivity index (χ3n) is 1.79. The molecule has 0 radical (unpaired) electrons. The molecule has 0 unspecified atom stereocenters. The van der Waals surface area contributed by atoms with Crippen molar-refractivity contribution in [1.82, 2.24) is 0 Å². The maximum Gasteiger partial charge on any atom is 0.314 e. The molecule has 2 rings (SSSR count). The van der Waals surface area contributed by atoms with Gasteiger partial charge in [0, 0.05) is 6.07 Å². The molecule has 1 aliphatic heterocycles. The van der Waals surface area contributed by atoms with Crippen molar-refractivity contribution in [2.75, 3.05) is 5.75 Å². The van der Waals surface area contributed by atoms with Crippen molar-refractivity contribution in [3.8, 4) is 0 Å². The smallest absolute Gasteiger partial charge is 0.314 e. The number of thioether (sulfide) groups is 1. The zero-order valence-corrected chi connectivity index (χ0v) is 8.12. The second kappa shape index (κ2) is 3.81. The predicted molar refractivity (Wildman–Crippen MR) is 55.2 cm³/mol. The lowest BCUT2D eigenvalue weighted by atomic mass is 10.3. The van der Waals surface area contributed by atoms with Gasteiger partial charge in [0.1, 0.15) is 11.4 Å². The van der Waals surface area contributed by atoms with E-state index >= 15 is 0 Å². The van der Waals surface area contributed by atoms with Crippen LogP contribution in [-0.2, 0) is 4.79 Å². The van der Waals surface area contributed by atoms with Gasteiger partial charge in [0.2, 0.25) is 0 Å². The molecule has 0 saturated heterocycles. The van der Waals surface area contributed by atoms with Crippen molar-refractivity contribution < 1.29 is 15.2 Å². The Morgan fingerprint density at radius 2 is 2.29 bits per heavy atom. The van der Waals surface area contributed by atoms with Crippen LogP contribution in [0.1, 0.15) is 0 Å². The Balaban J connectivity index is 2.05. The third-order valence-corrected chi connectivity index (χ3v) is 2.69. The van der Waals surface area contributed by atoms with Crippen molar-refractivity contribution in [1.29, 1.82) is 0 Å². The average molecular weight is 209 g/mol. The van der Waals surface area contributed by atoms with Gasteiger partial charge in [0.05, 0.1) is 0 Å². The Bertz CT molecular complexity index is 404. The van der Waals surface area contributed by atoms with Crippen LogP contribution in [0.3, 0.4) is 0 Å². The zero-order chi connectivity index (χ0) is 9.97. The van der Waals surface area contributed by atoms with Crippen molar-refractivity contribution >= 4 is 34.3 Å². The molecule has 1 aromatic carbocycles. The van der Waals surface area contributed by atoms with Crippen LogP contribution < -0.4 is 5.32 Å². The van der Waals surface area contributed by atoms with E-state index in [2.05, 4.69) is 4.99 Å². The molecule has 0 aromatic heterocycles. The van der Waals surface area contributed by atoms with Crippen molar-refractivity contribution in [2.24, 2.45) is 4.99 Å². The maximum atomic E-state index is 10.3. The van der Waals surface area contributed by atoms with Crippen molar-refractivity contribution in [3.05, 3.63) is 24.3 Å². The summed E-state index contributed by atoms with van der Waals surface area (Å²) in [5.74, 6) is -0.759. The van der Waals surface area contributed by atoms with E-state index in [0.29, 0.717) is 0 Å². The van der Waals surface area contributed by atoms with Gasteiger partial charge in [-0.25, -0.2) is 0 Å².